The van der Waals surface area contributed by atoms with Gasteiger partial charge in [-0.1, -0.05) is 12.1 Å². The van der Waals surface area contributed by atoms with Gasteiger partial charge in [-0.15, -0.1) is 0 Å². The van der Waals surface area contributed by atoms with Crippen molar-refractivity contribution in [3.05, 3.63) is 108 Å². The molecule has 1 aliphatic rings. The second kappa shape index (κ2) is 8.80. The third-order valence-electron chi connectivity index (χ3n) is 5.67. The first kappa shape index (κ1) is 20.2. The zero-order chi connectivity index (χ0) is 21.9. The summed E-state index contributed by atoms with van der Waals surface area (Å²) in [5.41, 5.74) is 4.08. The molecule has 0 saturated carbocycles. The highest BCUT2D eigenvalue weighted by molar-refractivity contribution is 7.80. The van der Waals surface area contributed by atoms with E-state index in [1.165, 1.54) is 0 Å². The lowest BCUT2D eigenvalue weighted by atomic mass is 10.0. The van der Waals surface area contributed by atoms with E-state index in [4.69, 9.17) is 17.0 Å². The van der Waals surface area contributed by atoms with Crippen LogP contribution < -0.4 is 15.0 Å². The summed E-state index contributed by atoms with van der Waals surface area (Å²) in [6, 6.07) is 24.0. The van der Waals surface area contributed by atoms with E-state index in [1.807, 2.05) is 73.1 Å². The molecule has 4 aromatic rings. The SMILES string of the molecule is COc1ccc(N2C(=S)N[C@H](c3ccccn3)[C@H]2c2cccn2Cc2ccccn2)cc1. The average molecular weight is 442 g/mol. The molecular formula is C25H23N5OS. The molecule has 0 radical (unpaired) electrons. The average Bonchev–Trinajstić information content (AvgIpc) is 3.44. The Balaban J connectivity index is 1.59. The number of nitrogens with one attached hydrogen (secondary N) is 1. The molecule has 0 spiro atoms. The number of nitrogens with zero attached hydrogens (tertiary/aromatic N) is 4. The fourth-order valence-corrected chi connectivity index (χ4v) is 4.53. The van der Waals surface area contributed by atoms with E-state index in [2.05, 4.69) is 43.1 Å². The van der Waals surface area contributed by atoms with Gasteiger partial charge in [-0.2, -0.15) is 0 Å². The highest BCUT2D eigenvalue weighted by Crippen LogP contribution is 2.42. The molecule has 1 saturated heterocycles. The number of rotatable bonds is 6. The molecule has 0 unspecified atom stereocenters. The zero-order valence-electron chi connectivity index (χ0n) is 17.6. The molecule has 0 bridgehead atoms. The van der Waals surface area contributed by atoms with Gasteiger partial charge in [0.15, 0.2) is 5.11 Å². The van der Waals surface area contributed by atoms with E-state index in [0.717, 1.165) is 28.5 Å². The van der Waals surface area contributed by atoms with Crippen molar-refractivity contribution >= 4 is 23.0 Å². The minimum Gasteiger partial charge on any atom is -0.497 e. The Morgan fingerprint density at radius 2 is 1.72 bits per heavy atom. The first-order valence-electron chi connectivity index (χ1n) is 10.4. The summed E-state index contributed by atoms with van der Waals surface area (Å²) < 4.78 is 7.58. The molecule has 5 rings (SSSR count). The zero-order valence-corrected chi connectivity index (χ0v) is 18.4. The number of hydrogen-bond donors (Lipinski definition) is 1. The lowest BCUT2D eigenvalue weighted by Crippen LogP contribution is -2.30. The smallest absolute Gasteiger partial charge is 0.174 e. The summed E-state index contributed by atoms with van der Waals surface area (Å²) in [4.78, 5) is 11.3. The third-order valence-corrected chi connectivity index (χ3v) is 5.99. The molecule has 1 fully saturated rings. The van der Waals surface area contributed by atoms with Crippen LogP contribution in [0.15, 0.2) is 91.4 Å². The Hall–Kier alpha value is -3.71. The number of aromatic nitrogens is 3. The van der Waals surface area contributed by atoms with Crippen LogP contribution in [0.3, 0.4) is 0 Å². The summed E-state index contributed by atoms with van der Waals surface area (Å²) in [6.45, 7) is 0.678. The minimum atomic E-state index is -0.0943. The van der Waals surface area contributed by atoms with Crippen LogP contribution in [0.4, 0.5) is 5.69 Å². The Morgan fingerprint density at radius 1 is 0.938 bits per heavy atom. The van der Waals surface area contributed by atoms with Gasteiger partial charge in [0.25, 0.3) is 0 Å². The summed E-state index contributed by atoms with van der Waals surface area (Å²) in [5, 5.41) is 4.18. The largest absolute Gasteiger partial charge is 0.497 e. The number of methoxy groups -OCH3 is 1. The molecule has 32 heavy (non-hydrogen) atoms. The summed E-state index contributed by atoms with van der Waals surface area (Å²) >= 11 is 5.82. The lowest BCUT2D eigenvalue weighted by molar-refractivity contribution is 0.415. The molecule has 160 valence electrons. The van der Waals surface area contributed by atoms with Gasteiger partial charge < -0.3 is 19.5 Å². The molecule has 1 aliphatic heterocycles. The molecule has 3 aromatic heterocycles. The number of pyridine rings is 2. The molecule has 7 heteroatoms. The summed E-state index contributed by atoms with van der Waals surface area (Å²) in [7, 11) is 1.67. The second-order valence-electron chi connectivity index (χ2n) is 7.58. The minimum absolute atomic E-state index is 0.0792. The molecular weight excluding hydrogens is 418 g/mol. The third kappa shape index (κ3) is 3.83. The molecule has 0 amide bonds. The first-order valence-corrected chi connectivity index (χ1v) is 10.8. The Labute approximate surface area is 192 Å². The van der Waals surface area contributed by atoms with E-state index in [-0.39, 0.29) is 12.1 Å². The molecule has 1 N–H and O–H groups in total. The van der Waals surface area contributed by atoms with Crippen LogP contribution in [0.5, 0.6) is 5.75 Å². The van der Waals surface area contributed by atoms with Gasteiger partial charge >= 0.3 is 0 Å². The first-order chi connectivity index (χ1) is 15.7. The maximum Gasteiger partial charge on any atom is 0.174 e. The van der Waals surface area contributed by atoms with Crippen molar-refractivity contribution in [2.75, 3.05) is 12.0 Å². The molecule has 2 atom stereocenters. The van der Waals surface area contributed by atoms with Gasteiger partial charge in [-0.25, -0.2) is 0 Å². The highest BCUT2D eigenvalue weighted by Gasteiger charge is 2.42. The molecule has 1 aromatic carbocycles. The maximum atomic E-state index is 5.82. The van der Waals surface area contributed by atoms with Crippen LogP contribution in [0, 0.1) is 0 Å². The van der Waals surface area contributed by atoms with E-state index in [0.29, 0.717) is 11.7 Å². The fourth-order valence-electron chi connectivity index (χ4n) is 4.18. The van der Waals surface area contributed by atoms with Gasteiger partial charge in [-0.3, -0.25) is 9.97 Å². The standard InChI is InChI=1S/C25H23N5OS/c1-31-20-12-10-19(11-13-20)30-24(23(28-25(30)32)21-8-3-5-15-27-21)22-9-6-16-29(22)17-18-7-2-4-14-26-18/h2-16,23-24H,17H2,1H3,(H,28,32)/t23-,24-/m1/s1. The van der Waals surface area contributed by atoms with E-state index in [1.54, 1.807) is 7.11 Å². The molecule has 4 heterocycles. The lowest BCUT2D eigenvalue weighted by Gasteiger charge is -2.29. The van der Waals surface area contributed by atoms with Gasteiger partial charge in [0.05, 0.1) is 31.1 Å². The van der Waals surface area contributed by atoms with E-state index < -0.39 is 0 Å². The second-order valence-corrected chi connectivity index (χ2v) is 7.96. The van der Waals surface area contributed by atoms with Crippen molar-refractivity contribution in [3.63, 3.8) is 0 Å². The number of hydrogen-bond acceptors (Lipinski definition) is 4. The van der Waals surface area contributed by atoms with Crippen LogP contribution in [-0.2, 0) is 6.54 Å². The van der Waals surface area contributed by atoms with Crippen LogP contribution in [-0.4, -0.2) is 26.8 Å². The van der Waals surface area contributed by atoms with Gasteiger partial charge in [-0.05, 0) is 72.9 Å². The number of benzene rings is 1. The number of ether oxygens (including phenoxy) is 1. The van der Waals surface area contributed by atoms with E-state index >= 15 is 0 Å². The van der Waals surface area contributed by atoms with Gasteiger partial charge in [0, 0.05) is 30.0 Å². The molecule has 6 nitrogen and oxygen atoms in total. The van der Waals surface area contributed by atoms with Crippen LogP contribution >= 0.6 is 12.2 Å². The van der Waals surface area contributed by atoms with Crippen LogP contribution in [0.2, 0.25) is 0 Å². The number of anilines is 1. The van der Waals surface area contributed by atoms with Crippen molar-refractivity contribution in [2.24, 2.45) is 0 Å². The molecule has 0 aliphatic carbocycles. The topological polar surface area (TPSA) is 55.2 Å². The van der Waals surface area contributed by atoms with Crippen molar-refractivity contribution in [3.8, 4) is 5.75 Å². The normalized spacial score (nSPS) is 17.9. The number of thiocarbonyl (C=S) groups is 1. The van der Waals surface area contributed by atoms with Crippen LogP contribution in [0.1, 0.15) is 29.2 Å². The van der Waals surface area contributed by atoms with Crippen LogP contribution in [0.25, 0.3) is 0 Å². The maximum absolute atomic E-state index is 5.82. The summed E-state index contributed by atoms with van der Waals surface area (Å²) in [6.07, 6.45) is 5.73. The monoisotopic (exact) mass is 441 g/mol. The Morgan fingerprint density at radius 3 is 2.41 bits per heavy atom. The Kier molecular flexibility index (Phi) is 5.56. The predicted molar refractivity (Wildman–Crippen MR) is 129 cm³/mol. The van der Waals surface area contributed by atoms with Crippen molar-refractivity contribution in [1.29, 1.82) is 0 Å². The van der Waals surface area contributed by atoms with Gasteiger partial charge in [0.1, 0.15) is 11.8 Å². The van der Waals surface area contributed by atoms with Crippen molar-refractivity contribution in [1.82, 2.24) is 19.9 Å². The van der Waals surface area contributed by atoms with E-state index in [9.17, 15) is 0 Å². The van der Waals surface area contributed by atoms with Crippen molar-refractivity contribution in [2.45, 2.75) is 18.6 Å². The predicted octanol–water partition coefficient (Wildman–Crippen LogP) is 4.51. The van der Waals surface area contributed by atoms with Gasteiger partial charge in [0.2, 0.25) is 0 Å². The van der Waals surface area contributed by atoms with Crippen molar-refractivity contribution < 1.29 is 4.74 Å². The Bertz CT molecular complexity index is 1190. The quantitative estimate of drug-likeness (QED) is 0.444. The summed E-state index contributed by atoms with van der Waals surface area (Å²) in [5.74, 6) is 0.808. The fraction of sp³-hybridized carbons (Fsp3) is 0.160. The highest BCUT2D eigenvalue weighted by atomic mass is 32.1.